The van der Waals surface area contributed by atoms with Crippen molar-refractivity contribution in [2.45, 2.75) is 77.9 Å². The minimum atomic E-state index is -0.303. The van der Waals surface area contributed by atoms with Gasteiger partial charge in [-0.25, -0.2) is 0 Å². The van der Waals surface area contributed by atoms with Crippen molar-refractivity contribution < 1.29 is 9.84 Å². The standard InChI is InChI=1S/C13H28O2/c1-5-9-12(14)13(10-6-2,11-7-3)15-8-4/h12,14H,5-11H2,1-4H3. The normalized spacial score (nSPS) is 14.2. The van der Waals surface area contributed by atoms with E-state index in [0.717, 1.165) is 38.5 Å². The minimum Gasteiger partial charge on any atom is -0.390 e. The van der Waals surface area contributed by atoms with Gasteiger partial charge in [0.1, 0.15) is 0 Å². The third kappa shape index (κ3) is 4.52. The first-order valence-electron chi connectivity index (χ1n) is 6.48. The molecule has 0 bridgehead atoms. The lowest BCUT2D eigenvalue weighted by molar-refractivity contribution is -0.133. The lowest BCUT2D eigenvalue weighted by Gasteiger charge is -2.38. The number of hydrogen-bond acceptors (Lipinski definition) is 2. The van der Waals surface area contributed by atoms with Crippen molar-refractivity contribution >= 4 is 0 Å². The Labute approximate surface area is 95.0 Å². The van der Waals surface area contributed by atoms with Crippen LogP contribution in [-0.4, -0.2) is 23.4 Å². The third-order valence-corrected chi connectivity index (χ3v) is 2.95. The lowest BCUT2D eigenvalue weighted by atomic mass is 9.84. The predicted molar refractivity (Wildman–Crippen MR) is 65.1 cm³/mol. The Kier molecular flexibility index (Phi) is 8.07. The van der Waals surface area contributed by atoms with Crippen LogP contribution in [0.2, 0.25) is 0 Å². The maximum absolute atomic E-state index is 10.2. The Morgan fingerprint density at radius 2 is 1.53 bits per heavy atom. The average Bonchev–Trinajstić information content (AvgIpc) is 2.19. The zero-order chi connectivity index (χ0) is 11.7. The second-order valence-electron chi connectivity index (χ2n) is 4.30. The van der Waals surface area contributed by atoms with Gasteiger partial charge >= 0.3 is 0 Å². The van der Waals surface area contributed by atoms with Crippen LogP contribution < -0.4 is 0 Å². The molecular weight excluding hydrogens is 188 g/mol. The molecular formula is C13H28O2. The van der Waals surface area contributed by atoms with Gasteiger partial charge in [-0.3, -0.25) is 0 Å². The van der Waals surface area contributed by atoms with E-state index < -0.39 is 0 Å². The quantitative estimate of drug-likeness (QED) is 0.639. The van der Waals surface area contributed by atoms with Crippen LogP contribution in [0.25, 0.3) is 0 Å². The highest BCUT2D eigenvalue weighted by atomic mass is 16.5. The molecule has 92 valence electrons. The van der Waals surface area contributed by atoms with E-state index in [-0.39, 0.29) is 11.7 Å². The highest BCUT2D eigenvalue weighted by Crippen LogP contribution is 2.30. The van der Waals surface area contributed by atoms with Gasteiger partial charge in [0, 0.05) is 6.61 Å². The second-order valence-corrected chi connectivity index (χ2v) is 4.30. The van der Waals surface area contributed by atoms with Gasteiger partial charge in [-0.2, -0.15) is 0 Å². The number of hydrogen-bond donors (Lipinski definition) is 1. The number of aliphatic hydroxyl groups excluding tert-OH is 1. The molecule has 0 aromatic carbocycles. The Bertz CT molecular complexity index is 128. The van der Waals surface area contributed by atoms with Crippen molar-refractivity contribution in [3.05, 3.63) is 0 Å². The zero-order valence-corrected chi connectivity index (χ0v) is 10.9. The first-order chi connectivity index (χ1) is 7.16. The first-order valence-corrected chi connectivity index (χ1v) is 6.48. The van der Waals surface area contributed by atoms with Crippen molar-refractivity contribution in [3.63, 3.8) is 0 Å². The van der Waals surface area contributed by atoms with E-state index in [1.165, 1.54) is 0 Å². The Morgan fingerprint density at radius 3 is 1.87 bits per heavy atom. The van der Waals surface area contributed by atoms with Gasteiger partial charge in [-0.05, 0) is 26.2 Å². The predicted octanol–water partition coefficient (Wildman–Crippen LogP) is 3.52. The van der Waals surface area contributed by atoms with Gasteiger partial charge < -0.3 is 9.84 Å². The van der Waals surface area contributed by atoms with Gasteiger partial charge in [0.15, 0.2) is 0 Å². The summed E-state index contributed by atoms with van der Waals surface area (Å²) in [5, 5.41) is 10.2. The van der Waals surface area contributed by atoms with E-state index in [0.29, 0.717) is 6.61 Å². The molecule has 2 heteroatoms. The van der Waals surface area contributed by atoms with Crippen molar-refractivity contribution in [3.8, 4) is 0 Å². The molecule has 0 radical (unpaired) electrons. The number of aliphatic hydroxyl groups is 1. The molecule has 0 heterocycles. The van der Waals surface area contributed by atoms with Crippen LogP contribution in [0.3, 0.4) is 0 Å². The Hall–Kier alpha value is -0.0800. The molecule has 0 aliphatic rings. The van der Waals surface area contributed by atoms with Crippen LogP contribution in [0.15, 0.2) is 0 Å². The molecule has 1 atom stereocenters. The fourth-order valence-corrected chi connectivity index (χ4v) is 2.37. The van der Waals surface area contributed by atoms with Crippen LogP contribution >= 0.6 is 0 Å². The summed E-state index contributed by atoms with van der Waals surface area (Å²) in [6.45, 7) is 9.13. The van der Waals surface area contributed by atoms with Crippen LogP contribution in [0.4, 0.5) is 0 Å². The molecule has 0 aliphatic heterocycles. The van der Waals surface area contributed by atoms with Gasteiger partial charge in [0.2, 0.25) is 0 Å². The van der Waals surface area contributed by atoms with Gasteiger partial charge in [-0.1, -0.05) is 40.0 Å². The topological polar surface area (TPSA) is 29.5 Å². The van der Waals surface area contributed by atoms with Crippen LogP contribution in [0.1, 0.15) is 66.2 Å². The smallest absolute Gasteiger partial charge is 0.0939 e. The summed E-state index contributed by atoms with van der Waals surface area (Å²) in [6, 6.07) is 0. The second kappa shape index (κ2) is 8.12. The molecule has 0 spiro atoms. The lowest BCUT2D eigenvalue weighted by Crippen LogP contribution is -2.45. The van der Waals surface area contributed by atoms with E-state index in [9.17, 15) is 5.11 Å². The molecule has 0 aliphatic carbocycles. The zero-order valence-electron chi connectivity index (χ0n) is 10.9. The molecule has 0 saturated heterocycles. The first kappa shape index (κ1) is 14.9. The highest BCUT2D eigenvalue weighted by molar-refractivity contribution is 4.87. The van der Waals surface area contributed by atoms with Crippen LogP contribution in [0, 0.1) is 0 Å². The molecule has 0 aromatic rings. The largest absolute Gasteiger partial charge is 0.390 e. The highest BCUT2D eigenvalue weighted by Gasteiger charge is 2.36. The van der Waals surface area contributed by atoms with E-state index in [4.69, 9.17) is 4.74 Å². The Balaban J connectivity index is 4.57. The molecule has 1 N–H and O–H groups in total. The minimum absolute atomic E-state index is 0.283. The summed E-state index contributed by atoms with van der Waals surface area (Å²) < 4.78 is 5.87. The van der Waals surface area contributed by atoms with Gasteiger partial charge in [0.25, 0.3) is 0 Å². The molecule has 0 fully saturated rings. The fourth-order valence-electron chi connectivity index (χ4n) is 2.37. The maximum atomic E-state index is 10.2. The molecule has 1 unspecified atom stereocenters. The SMILES string of the molecule is CCCC(O)C(CCC)(CCC)OCC. The molecule has 15 heavy (non-hydrogen) atoms. The molecule has 0 aromatic heterocycles. The summed E-state index contributed by atoms with van der Waals surface area (Å²) in [5.74, 6) is 0. The van der Waals surface area contributed by atoms with E-state index >= 15 is 0 Å². The summed E-state index contributed by atoms with van der Waals surface area (Å²) in [4.78, 5) is 0. The molecule has 0 rings (SSSR count). The summed E-state index contributed by atoms with van der Waals surface area (Å²) in [5.41, 5.74) is -0.283. The number of ether oxygens (including phenoxy) is 1. The summed E-state index contributed by atoms with van der Waals surface area (Å²) in [7, 11) is 0. The van der Waals surface area contributed by atoms with E-state index in [1.54, 1.807) is 0 Å². The van der Waals surface area contributed by atoms with Crippen molar-refractivity contribution in [2.75, 3.05) is 6.61 Å². The van der Waals surface area contributed by atoms with E-state index in [2.05, 4.69) is 20.8 Å². The van der Waals surface area contributed by atoms with Crippen molar-refractivity contribution in [1.82, 2.24) is 0 Å². The van der Waals surface area contributed by atoms with Gasteiger partial charge in [0.05, 0.1) is 11.7 Å². The molecule has 2 nitrogen and oxygen atoms in total. The average molecular weight is 216 g/mol. The van der Waals surface area contributed by atoms with E-state index in [1.807, 2.05) is 6.92 Å². The number of rotatable bonds is 9. The van der Waals surface area contributed by atoms with Crippen molar-refractivity contribution in [1.29, 1.82) is 0 Å². The van der Waals surface area contributed by atoms with Crippen LogP contribution in [0.5, 0.6) is 0 Å². The Morgan fingerprint density at radius 1 is 1.00 bits per heavy atom. The summed E-state index contributed by atoms with van der Waals surface area (Å²) in [6.07, 6.45) is 5.64. The fraction of sp³-hybridized carbons (Fsp3) is 1.00. The van der Waals surface area contributed by atoms with Gasteiger partial charge in [-0.15, -0.1) is 0 Å². The third-order valence-electron chi connectivity index (χ3n) is 2.95. The molecule has 0 saturated carbocycles. The molecule has 0 amide bonds. The monoisotopic (exact) mass is 216 g/mol. The van der Waals surface area contributed by atoms with Crippen molar-refractivity contribution in [2.24, 2.45) is 0 Å². The maximum Gasteiger partial charge on any atom is 0.0939 e. The van der Waals surface area contributed by atoms with Crippen LogP contribution in [-0.2, 0) is 4.74 Å². The summed E-state index contributed by atoms with van der Waals surface area (Å²) >= 11 is 0.